The molecule has 0 aromatic heterocycles. The fraction of sp³-hybridized carbons (Fsp3) is 0.292. The Bertz CT molecular complexity index is 1020. The summed E-state index contributed by atoms with van der Waals surface area (Å²) in [5, 5.41) is 2.41. The number of ether oxygens (including phenoxy) is 2. The topological polar surface area (TPSA) is 88.7 Å². The maximum atomic E-state index is 12.0. The number of hydrogen-bond acceptors (Lipinski definition) is 5. The fourth-order valence-electron chi connectivity index (χ4n) is 2.59. The Kier molecular flexibility index (Phi) is 9.87. The molecule has 3 N–H and O–H groups in total. The van der Waals surface area contributed by atoms with Gasteiger partial charge in [0.15, 0.2) is 11.7 Å². The maximum Gasteiger partial charge on any atom is 0.276 e. The molecule has 0 aliphatic carbocycles. The maximum absolute atomic E-state index is 12.0. The smallest absolute Gasteiger partial charge is 0.276 e. The molecule has 9 heteroatoms. The average molecular weight is 534 g/mol. The lowest BCUT2D eigenvalue weighted by Crippen LogP contribution is -2.49. The monoisotopic (exact) mass is 533 g/mol. The molecule has 2 amide bonds. The van der Waals surface area contributed by atoms with Gasteiger partial charge < -0.3 is 9.47 Å². The molecule has 7 nitrogen and oxygen atoms in total. The molecule has 0 atom stereocenters. The Hall–Kier alpha value is -2.91. The summed E-state index contributed by atoms with van der Waals surface area (Å²) in [6.07, 6.45) is 2.98. The second-order valence-electron chi connectivity index (χ2n) is 8.01. The lowest BCUT2D eigenvalue weighted by Gasteiger charge is -2.20. The summed E-state index contributed by atoms with van der Waals surface area (Å²) in [4.78, 5) is 24.0. The molecular formula is C24H28BrN3O4S. The van der Waals surface area contributed by atoms with Crippen LogP contribution in [0.3, 0.4) is 0 Å². The molecule has 33 heavy (non-hydrogen) atoms. The molecule has 0 aliphatic heterocycles. The Morgan fingerprint density at radius 1 is 1.06 bits per heavy atom. The SMILES string of the molecule is CCOc1ccc(/C=C/C(=O)NC(=S)NNC(=O)COc2ccc(C(C)(C)C)cc2Br)cc1. The summed E-state index contributed by atoms with van der Waals surface area (Å²) in [6, 6.07) is 13.1. The quantitative estimate of drug-likeness (QED) is 0.280. The third-order valence-corrected chi connectivity index (χ3v) is 5.15. The number of amides is 2. The Morgan fingerprint density at radius 3 is 2.36 bits per heavy atom. The van der Waals surface area contributed by atoms with Crippen LogP contribution in [0, 0.1) is 0 Å². The number of halogens is 1. The van der Waals surface area contributed by atoms with E-state index in [2.05, 4.69) is 52.9 Å². The third kappa shape index (κ3) is 9.23. The van der Waals surface area contributed by atoms with Crippen molar-refractivity contribution < 1.29 is 19.1 Å². The van der Waals surface area contributed by atoms with Crippen LogP contribution < -0.4 is 25.6 Å². The van der Waals surface area contributed by atoms with Crippen LogP contribution in [0.5, 0.6) is 11.5 Å². The van der Waals surface area contributed by atoms with Crippen molar-refractivity contribution in [3.8, 4) is 11.5 Å². The van der Waals surface area contributed by atoms with E-state index in [4.69, 9.17) is 21.7 Å². The summed E-state index contributed by atoms with van der Waals surface area (Å²) in [7, 11) is 0. The molecular weight excluding hydrogens is 506 g/mol. The standard InChI is InChI=1S/C24H28BrN3O4S/c1-5-31-18-10-6-16(7-11-18)8-13-21(29)26-23(33)28-27-22(30)15-32-20-12-9-17(14-19(20)25)24(2,3)4/h6-14H,5,15H2,1-4H3,(H,27,30)(H2,26,28,29,33)/b13-8+. The van der Waals surface area contributed by atoms with E-state index in [0.717, 1.165) is 21.3 Å². The van der Waals surface area contributed by atoms with Crippen LogP contribution in [0.25, 0.3) is 6.08 Å². The van der Waals surface area contributed by atoms with E-state index in [9.17, 15) is 9.59 Å². The zero-order chi connectivity index (χ0) is 24.4. The van der Waals surface area contributed by atoms with Crippen molar-refractivity contribution >= 4 is 51.2 Å². The lowest BCUT2D eigenvalue weighted by molar-refractivity contribution is -0.123. The third-order valence-electron chi connectivity index (χ3n) is 4.33. The molecule has 0 saturated carbocycles. The van der Waals surface area contributed by atoms with Crippen LogP contribution >= 0.6 is 28.1 Å². The molecule has 0 bridgehead atoms. The van der Waals surface area contributed by atoms with Gasteiger partial charge in [-0.1, -0.05) is 39.0 Å². The van der Waals surface area contributed by atoms with E-state index in [-0.39, 0.29) is 17.1 Å². The van der Waals surface area contributed by atoms with Gasteiger partial charge in [0.05, 0.1) is 11.1 Å². The highest BCUT2D eigenvalue weighted by atomic mass is 79.9. The highest BCUT2D eigenvalue weighted by Crippen LogP contribution is 2.31. The predicted octanol–water partition coefficient (Wildman–Crippen LogP) is 4.26. The second-order valence-corrected chi connectivity index (χ2v) is 9.27. The second kappa shape index (κ2) is 12.4. The molecule has 0 heterocycles. The van der Waals surface area contributed by atoms with Gasteiger partial charge in [0, 0.05) is 6.08 Å². The number of carbonyl (C=O) groups is 2. The van der Waals surface area contributed by atoms with Crippen molar-refractivity contribution in [2.75, 3.05) is 13.2 Å². The zero-order valence-electron chi connectivity index (χ0n) is 19.0. The summed E-state index contributed by atoms with van der Waals surface area (Å²) in [5.41, 5.74) is 6.84. The molecule has 2 aromatic rings. The molecule has 0 spiro atoms. The normalized spacial score (nSPS) is 11.1. The predicted molar refractivity (Wildman–Crippen MR) is 137 cm³/mol. The molecule has 2 rings (SSSR count). The summed E-state index contributed by atoms with van der Waals surface area (Å²) in [6.45, 7) is 8.63. The van der Waals surface area contributed by atoms with Crippen molar-refractivity contribution in [1.29, 1.82) is 0 Å². The van der Waals surface area contributed by atoms with Gasteiger partial charge in [-0.15, -0.1) is 0 Å². The van der Waals surface area contributed by atoms with Gasteiger partial charge in [0.25, 0.3) is 5.91 Å². The van der Waals surface area contributed by atoms with E-state index >= 15 is 0 Å². The first kappa shape index (κ1) is 26.3. The fourth-order valence-corrected chi connectivity index (χ4v) is 3.23. The largest absolute Gasteiger partial charge is 0.494 e. The first-order valence-electron chi connectivity index (χ1n) is 10.3. The van der Waals surface area contributed by atoms with Crippen molar-refractivity contribution in [2.24, 2.45) is 0 Å². The number of carbonyl (C=O) groups excluding carboxylic acids is 2. The van der Waals surface area contributed by atoms with Gasteiger partial charge in [0.1, 0.15) is 11.5 Å². The summed E-state index contributed by atoms with van der Waals surface area (Å²) < 4.78 is 11.7. The first-order valence-corrected chi connectivity index (χ1v) is 11.5. The molecule has 0 aliphatic rings. The van der Waals surface area contributed by atoms with Crippen molar-refractivity contribution in [3.63, 3.8) is 0 Å². The Morgan fingerprint density at radius 2 is 1.76 bits per heavy atom. The molecule has 0 radical (unpaired) electrons. The van der Waals surface area contributed by atoms with Crippen molar-refractivity contribution in [1.82, 2.24) is 16.2 Å². The van der Waals surface area contributed by atoms with Crippen LogP contribution in [0.4, 0.5) is 0 Å². The van der Waals surface area contributed by atoms with Gasteiger partial charge in [-0.25, -0.2) is 0 Å². The number of rotatable bonds is 7. The van der Waals surface area contributed by atoms with Gasteiger partial charge in [-0.05, 0) is 82.0 Å². The van der Waals surface area contributed by atoms with Gasteiger partial charge in [-0.2, -0.15) is 0 Å². The highest BCUT2D eigenvalue weighted by molar-refractivity contribution is 9.10. The number of hydrogen-bond donors (Lipinski definition) is 3. The molecule has 176 valence electrons. The van der Waals surface area contributed by atoms with Gasteiger partial charge >= 0.3 is 0 Å². The minimum absolute atomic E-state index is 0.00584. The molecule has 0 fully saturated rings. The van der Waals surface area contributed by atoms with E-state index in [0.29, 0.717) is 12.4 Å². The number of benzene rings is 2. The van der Waals surface area contributed by atoms with E-state index in [1.807, 2.05) is 49.4 Å². The molecule has 0 saturated heterocycles. The summed E-state index contributed by atoms with van der Waals surface area (Å²) >= 11 is 8.48. The van der Waals surface area contributed by atoms with E-state index in [1.165, 1.54) is 6.08 Å². The summed E-state index contributed by atoms with van der Waals surface area (Å²) in [5.74, 6) is 0.421. The van der Waals surface area contributed by atoms with Crippen molar-refractivity contribution in [3.05, 3.63) is 64.1 Å². The van der Waals surface area contributed by atoms with Crippen LogP contribution in [0.1, 0.15) is 38.8 Å². The van der Waals surface area contributed by atoms with Crippen LogP contribution in [-0.2, 0) is 15.0 Å². The van der Waals surface area contributed by atoms with Crippen LogP contribution in [-0.4, -0.2) is 30.1 Å². The zero-order valence-corrected chi connectivity index (χ0v) is 21.4. The number of hydrazine groups is 1. The van der Waals surface area contributed by atoms with E-state index in [1.54, 1.807) is 6.08 Å². The van der Waals surface area contributed by atoms with Crippen LogP contribution in [0.15, 0.2) is 53.0 Å². The Labute approximate surface area is 208 Å². The van der Waals surface area contributed by atoms with E-state index < -0.39 is 11.8 Å². The minimum atomic E-state index is -0.455. The average Bonchev–Trinajstić information content (AvgIpc) is 2.76. The number of nitrogens with one attached hydrogen (secondary N) is 3. The van der Waals surface area contributed by atoms with Gasteiger partial charge in [-0.3, -0.25) is 25.8 Å². The Balaban J connectivity index is 1.74. The number of thiocarbonyl (C=S) groups is 1. The van der Waals surface area contributed by atoms with Gasteiger partial charge in [0.2, 0.25) is 5.91 Å². The highest BCUT2D eigenvalue weighted by Gasteiger charge is 2.15. The van der Waals surface area contributed by atoms with Crippen LogP contribution in [0.2, 0.25) is 0 Å². The molecule has 2 aromatic carbocycles. The molecule has 0 unspecified atom stereocenters. The first-order chi connectivity index (χ1) is 15.6. The lowest BCUT2D eigenvalue weighted by atomic mass is 9.87. The van der Waals surface area contributed by atoms with Crippen molar-refractivity contribution in [2.45, 2.75) is 33.1 Å². The minimum Gasteiger partial charge on any atom is -0.494 e.